The van der Waals surface area contributed by atoms with Gasteiger partial charge in [0.15, 0.2) is 0 Å². The van der Waals surface area contributed by atoms with Gasteiger partial charge in [-0.3, -0.25) is 14.4 Å². The number of carbonyl (C=O) groups is 3. The fourth-order valence-electron chi connectivity index (χ4n) is 1.51. The molecule has 5 nitrogen and oxygen atoms in total. The molecular weight excluding hydrogens is 308 g/mol. The van der Waals surface area contributed by atoms with Crippen LogP contribution in [0.4, 0.5) is 0 Å². The lowest BCUT2D eigenvalue weighted by molar-refractivity contribution is -0.143. The minimum atomic E-state index is -0.544. The number of carbonyl (C=O) groups excluding carboxylic acids is 3. The number of benzene rings is 2. The van der Waals surface area contributed by atoms with Crippen LogP contribution in [0.5, 0.6) is 11.5 Å². The van der Waals surface area contributed by atoms with E-state index in [0.29, 0.717) is 29.4 Å². The highest BCUT2D eigenvalue weighted by atomic mass is 16.5. The standard InChI is InChI=1S/C12H14O3.C7H6O2/c1-12(2,3)11(14)15-10-6-4-5-9(7-10)8-13;8-5-6-2-1-3-7(9)4-6/h4-8H,1-3H3;1-5,9H. The van der Waals surface area contributed by atoms with Gasteiger partial charge in [0.1, 0.15) is 24.1 Å². The summed E-state index contributed by atoms with van der Waals surface area (Å²) in [6.07, 6.45) is 1.41. The Kier molecular flexibility index (Phi) is 6.86. The molecule has 0 amide bonds. The third kappa shape index (κ3) is 6.44. The number of phenolic OH excluding ortho intramolecular Hbond substituents is 1. The second kappa shape index (κ2) is 8.62. The van der Waals surface area contributed by atoms with Crippen LogP contribution in [0, 0.1) is 5.41 Å². The summed E-state index contributed by atoms with van der Waals surface area (Å²) >= 11 is 0. The van der Waals surface area contributed by atoms with Gasteiger partial charge in [-0.25, -0.2) is 0 Å². The van der Waals surface area contributed by atoms with Crippen LogP contribution in [0.1, 0.15) is 41.5 Å². The lowest BCUT2D eigenvalue weighted by atomic mass is 9.97. The van der Waals surface area contributed by atoms with Gasteiger partial charge in [-0.05, 0) is 45.0 Å². The quantitative estimate of drug-likeness (QED) is 0.528. The van der Waals surface area contributed by atoms with Crippen molar-refractivity contribution in [1.82, 2.24) is 0 Å². The zero-order chi connectivity index (χ0) is 18.2. The normalized spacial score (nSPS) is 10.1. The Labute approximate surface area is 140 Å². The van der Waals surface area contributed by atoms with Crippen molar-refractivity contribution in [3.05, 3.63) is 59.7 Å². The molecule has 5 heteroatoms. The molecule has 0 saturated heterocycles. The van der Waals surface area contributed by atoms with Gasteiger partial charge in [0.05, 0.1) is 5.41 Å². The summed E-state index contributed by atoms with van der Waals surface area (Å²) in [5.41, 5.74) is 0.446. The first-order valence-corrected chi connectivity index (χ1v) is 7.28. The molecule has 0 atom stereocenters. The summed E-state index contributed by atoms with van der Waals surface area (Å²) < 4.78 is 5.12. The second-order valence-electron chi connectivity index (χ2n) is 6.04. The van der Waals surface area contributed by atoms with Crippen LogP contribution >= 0.6 is 0 Å². The smallest absolute Gasteiger partial charge is 0.316 e. The molecule has 2 rings (SSSR count). The van der Waals surface area contributed by atoms with Crippen molar-refractivity contribution in [2.45, 2.75) is 20.8 Å². The van der Waals surface area contributed by atoms with Crippen molar-refractivity contribution in [3.63, 3.8) is 0 Å². The first-order chi connectivity index (χ1) is 11.3. The maximum atomic E-state index is 11.5. The molecule has 2 aromatic rings. The molecule has 2 aromatic carbocycles. The highest BCUT2D eigenvalue weighted by molar-refractivity contribution is 5.79. The second-order valence-corrected chi connectivity index (χ2v) is 6.04. The maximum Gasteiger partial charge on any atom is 0.316 e. The lowest BCUT2D eigenvalue weighted by Gasteiger charge is -2.16. The first kappa shape index (κ1) is 19.1. The molecule has 0 aliphatic heterocycles. The Morgan fingerprint density at radius 3 is 1.96 bits per heavy atom. The fraction of sp³-hybridized carbons (Fsp3) is 0.211. The zero-order valence-electron chi connectivity index (χ0n) is 13.9. The third-order valence-corrected chi connectivity index (χ3v) is 2.82. The highest BCUT2D eigenvalue weighted by Gasteiger charge is 2.23. The number of hydrogen-bond donors (Lipinski definition) is 1. The zero-order valence-corrected chi connectivity index (χ0v) is 13.9. The van der Waals surface area contributed by atoms with Crippen LogP contribution in [0.3, 0.4) is 0 Å². The molecule has 0 radical (unpaired) electrons. The molecule has 0 bridgehead atoms. The molecule has 0 fully saturated rings. The summed E-state index contributed by atoms with van der Waals surface area (Å²) in [5, 5.41) is 8.79. The van der Waals surface area contributed by atoms with Gasteiger partial charge in [-0.15, -0.1) is 0 Å². The number of ether oxygens (including phenoxy) is 1. The molecule has 24 heavy (non-hydrogen) atoms. The van der Waals surface area contributed by atoms with Crippen LogP contribution in [-0.4, -0.2) is 23.6 Å². The lowest BCUT2D eigenvalue weighted by Crippen LogP contribution is -2.25. The van der Waals surface area contributed by atoms with Gasteiger partial charge >= 0.3 is 5.97 Å². The van der Waals surface area contributed by atoms with E-state index < -0.39 is 5.41 Å². The van der Waals surface area contributed by atoms with Crippen molar-refractivity contribution < 1.29 is 24.2 Å². The Bertz CT molecular complexity index is 714. The molecular formula is C19H20O5. The van der Waals surface area contributed by atoms with E-state index in [1.807, 2.05) is 0 Å². The maximum absolute atomic E-state index is 11.5. The van der Waals surface area contributed by atoms with Gasteiger partial charge in [0.25, 0.3) is 0 Å². The summed E-state index contributed by atoms with van der Waals surface area (Å²) in [5.74, 6) is 0.213. The number of aromatic hydroxyl groups is 1. The summed E-state index contributed by atoms with van der Waals surface area (Å²) in [4.78, 5) is 32.1. The van der Waals surface area contributed by atoms with Crippen molar-refractivity contribution >= 4 is 18.5 Å². The van der Waals surface area contributed by atoms with Crippen LogP contribution in [0.25, 0.3) is 0 Å². The summed E-state index contributed by atoms with van der Waals surface area (Å²) in [6.45, 7) is 5.33. The van der Waals surface area contributed by atoms with E-state index in [2.05, 4.69) is 0 Å². The van der Waals surface area contributed by atoms with Crippen molar-refractivity contribution in [3.8, 4) is 11.5 Å². The number of esters is 1. The van der Waals surface area contributed by atoms with E-state index in [9.17, 15) is 14.4 Å². The molecule has 0 spiro atoms. The minimum Gasteiger partial charge on any atom is -0.508 e. The van der Waals surface area contributed by atoms with E-state index in [4.69, 9.17) is 9.84 Å². The van der Waals surface area contributed by atoms with Gasteiger partial charge in [0.2, 0.25) is 0 Å². The van der Waals surface area contributed by atoms with E-state index >= 15 is 0 Å². The molecule has 0 aliphatic rings. The van der Waals surface area contributed by atoms with Crippen LogP contribution in [0.15, 0.2) is 48.5 Å². The van der Waals surface area contributed by atoms with Gasteiger partial charge in [-0.1, -0.05) is 24.3 Å². The molecule has 0 aromatic heterocycles. The van der Waals surface area contributed by atoms with Crippen molar-refractivity contribution in [1.29, 1.82) is 0 Å². The van der Waals surface area contributed by atoms with Crippen molar-refractivity contribution in [2.75, 3.05) is 0 Å². The monoisotopic (exact) mass is 328 g/mol. The first-order valence-electron chi connectivity index (χ1n) is 7.28. The average Bonchev–Trinajstić information content (AvgIpc) is 2.54. The molecule has 1 N–H and O–H groups in total. The highest BCUT2D eigenvalue weighted by Crippen LogP contribution is 2.19. The van der Waals surface area contributed by atoms with E-state index in [1.54, 1.807) is 51.1 Å². The SMILES string of the molecule is CC(C)(C)C(=O)Oc1cccc(C=O)c1.O=Cc1cccc(O)c1. The molecule has 0 aliphatic carbocycles. The van der Waals surface area contributed by atoms with Crippen LogP contribution < -0.4 is 4.74 Å². The number of aldehydes is 2. The van der Waals surface area contributed by atoms with Crippen LogP contribution in [0.2, 0.25) is 0 Å². The van der Waals surface area contributed by atoms with Crippen LogP contribution in [-0.2, 0) is 4.79 Å². The Balaban J connectivity index is 0.000000272. The Morgan fingerprint density at radius 2 is 1.50 bits per heavy atom. The Morgan fingerprint density at radius 1 is 0.958 bits per heavy atom. The third-order valence-electron chi connectivity index (χ3n) is 2.82. The van der Waals surface area contributed by atoms with Gasteiger partial charge in [-0.2, -0.15) is 0 Å². The number of phenols is 1. The fourth-order valence-corrected chi connectivity index (χ4v) is 1.51. The molecule has 0 saturated carbocycles. The number of hydrogen-bond acceptors (Lipinski definition) is 5. The van der Waals surface area contributed by atoms with Gasteiger partial charge in [0, 0.05) is 11.1 Å². The minimum absolute atomic E-state index is 0.125. The predicted octanol–water partition coefficient (Wildman–Crippen LogP) is 3.66. The number of rotatable bonds is 3. The van der Waals surface area contributed by atoms with Crippen molar-refractivity contribution in [2.24, 2.45) is 5.41 Å². The molecule has 0 heterocycles. The van der Waals surface area contributed by atoms with E-state index in [0.717, 1.165) is 0 Å². The van der Waals surface area contributed by atoms with E-state index in [-0.39, 0.29) is 11.7 Å². The Hall–Kier alpha value is -2.95. The molecule has 0 unspecified atom stereocenters. The largest absolute Gasteiger partial charge is 0.508 e. The summed E-state index contributed by atoms with van der Waals surface area (Å²) in [6, 6.07) is 12.7. The molecule has 126 valence electrons. The van der Waals surface area contributed by atoms with E-state index in [1.165, 1.54) is 18.2 Å². The summed E-state index contributed by atoms with van der Waals surface area (Å²) in [7, 11) is 0. The van der Waals surface area contributed by atoms with Gasteiger partial charge < -0.3 is 9.84 Å². The topological polar surface area (TPSA) is 80.7 Å². The average molecular weight is 328 g/mol. The predicted molar refractivity (Wildman–Crippen MR) is 90.4 cm³/mol.